The number of hydrogen-bond donors (Lipinski definition) is 2. The van der Waals surface area contributed by atoms with Crippen molar-refractivity contribution in [3.05, 3.63) is 355 Å². The summed E-state index contributed by atoms with van der Waals surface area (Å²) in [4.78, 5) is 61.9. The molecule has 0 saturated carbocycles. The Morgan fingerprint density at radius 3 is 1.32 bits per heavy atom. The summed E-state index contributed by atoms with van der Waals surface area (Å²) in [5.41, 5.74) is 22.8. The predicted octanol–water partition coefficient (Wildman–Crippen LogP) is 16.7. The molecule has 4 aliphatic rings. The van der Waals surface area contributed by atoms with Gasteiger partial charge in [0.25, 0.3) is 0 Å². The number of hydrogen-bond acceptors (Lipinski definition) is 15. The second-order valence-electron chi connectivity index (χ2n) is 30.4. The molecule has 20 rings (SSSR count). The van der Waals surface area contributed by atoms with Gasteiger partial charge in [-0.05, 0) is 167 Å². The van der Waals surface area contributed by atoms with Gasteiger partial charge in [-0.1, -0.05) is 194 Å². The molecule has 0 spiro atoms. The molecular formula is C99H89Cl3N15NaO3. The molecule has 8 aromatic carbocycles. The normalized spacial score (nSPS) is 13.7. The van der Waals surface area contributed by atoms with Crippen LogP contribution in [0.25, 0.3) is 70.5 Å². The Bertz CT molecular complexity index is 6460. The molecule has 0 aliphatic carbocycles. The number of carbonyl (C=O) groups excluding carboxylic acids is 2. The second kappa shape index (κ2) is 39.5. The van der Waals surface area contributed by atoms with E-state index in [-0.39, 0.29) is 40.9 Å². The average molecular weight is 1670 g/mol. The van der Waals surface area contributed by atoms with Crippen molar-refractivity contribution in [1.29, 1.82) is 5.26 Å². The molecule has 18 nitrogen and oxygen atoms in total. The molecular weight excluding hydrogens is 1580 g/mol. The van der Waals surface area contributed by atoms with Crippen molar-refractivity contribution in [2.45, 2.75) is 69.7 Å². The SMILES string of the molecule is CCc1c(C(=O)CCc2ccc3nc(N4CC(c5ccccc5)C4)ccc3c2)c2cc(Cl)cnc2n1C.CCc1c(C(=O)[O-])c2cc(Cl)cnc2n1C.N#Cc1ccc2nc(N3CC(c4ccccc4)C3)ccc2c1.NCc1ccc2nc(N3CC(c4ccccc4)C3)ccc2c1.[C-]#[N+]c1ccc2nc(Cl)ccc2c1.[Na+].c1ccc(C2CNC2)cc1. The van der Waals surface area contributed by atoms with Gasteiger partial charge >= 0.3 is 29.6 Å². The number of pyridine rings is 6. The van der Waals surface area contributed by atoms with Gasteiger partial charge in [-0.15, -0.1) is 0 Å². The number of nitrogens with zero attached hydrogens (tertiary/aromatic N) is 13. The molecule has 600 valence electrons. The number of carboxylic acid groups (broad SMARTS) is 1. The first-order chi connectivity index (χ1) is 58.5. The predicted molar refractivity (Wildman–Crippen MR) is 484 cm³/mol. The fourth-order valence-corrected chi connectivity index (χ4v) is 16.4. The molecule has 8 aromatic heterocycles. The van der Waals surface area contributed by atoms with Crippen molar-refractivity contribution >= 4 is 135 Å². The van der Waals surface area contributed by atoms with E-state index in [1.165, 1.54) is 28.5 Å². The maximum atomic E-state index is 13.4. The maximum Gasteiger partial charge on any atom is 1.00 e. The minimum absolute atomic E-state index is 0. The number of carbonyl (C=O) groups is 2. The largest absolute Gasteiger partial charge is 1.00 e. The number of aryl methyl sites for hydroxylation is 3. The first-order valence-electron chi connectivity index (χ1n) is 40.4. The summed E-state index contributed by atoms with van der Waals surface area (Å²) < 4.78 is 3.77. The molecule has 0 amide bonds. The molecule has 22 heteroatoms. The Kier molecular flexibility index (Phi) is 27.9. The molecule has 16 aromatic rings. The van der Waals surface area contributed by atoms with Crippen molar-refractivity contribution in [2.75, 3.05) is 67.1 Å². The Hall–Kier alpha value is -11.9. The van der Waals surface area contributed by atoms with Crippen LogP contribution in [0, 0.1) is 17.9 Å². The topological polar surface area (TPSA) is 220 Å². The molecule has 0 bridgehead atoms. The average Bonchev–Trinajstić information content (AvgIpc) is 1.50. The number of aromatic nitrogens is 8. The van der Waals surface area contributed by atoms with Gasteiger partial charge in [-0.2, -0.15) is 5.26 Å². The van der Waals surface area contributed by atoms with Crippen molar-refractivity contribution < 1.29 is 44.3 Å². The summed E-state index contributed by atoms with van der Waals surface area (Å²) in [6.07, 6.45) is 5.61. The van der Waals surface area contributed by atoms with E-state index >= 15 is 0 Å². The minimum Gasteiger partial charge on any atom is -0.545 e. The number of benzene rings is 8. The number of ketones is 1. The number of nitrogens with two attached hydrogens (primary N) is 1. The number of Topliss-reactive ketones (excluding diaryl/α,β-unsaturated/α-hetero) is 1. The van der Waals surface area contributed by atoms with E-state index in [2.05, 4.69) is 235 Å². The monoisotopic (exact) mass is 1660 g/mol. The number of nitrogens with one attached hydrogen (secondary N) is 1. The van der Waals surface area contributed by atoms with Crippen LogP contribution >= 0.6 is 34.8 Å². The van der Waals surface area contributed by atoms with Crippen LogP contribution in [0.5, 0.6) is 0 Å². The molecule has 4 saturated heterocycles. The van der Waals surface area contributed by atoms with E-state index in [4.69, 9.17) is 67.3 Å². The van der Waals surface area contributed by atoms with Crippen LogP contribution in [0.2, 0.25) is 15.2 Å². The van der Waals surface area contributed by atoms with Gasteiger partial charge in [-0.25, -0.2) is 34.7 Å². The Labute approximate surface area is 741 Å². The van der Waals surface area contributed by atoms with Gasteiger partial charge in [0, 0.05) is 165 Å². The van der Waals surface area contributed by atoms with Crippen LogP contribution in [-0.4, -0.2) is 103 Å². The van der Waals surface area contributed by atoms with Crippen molar-refractivity contribution in [2.24, 2.45) is 19.8 Å². The van der Waals surface area contributed by atoms with Crippen LogP contribution in [0.4, 0.5) is 23.1 Å². The molecule has 4 fully saturated rings. The number of aromatic carboxylic acids is 1. The number of nitriles is 1. The van der Waals surface area contributed by atoms with E-state index in [0.29, 0.717) is 86.7 Å². The fraction of sp³-hybridized carbons (Fsp3) is 0.212. The third kappa shape index (κ3) is 19.9. The van der Waals surface area contributed by atoms with Gasteiger partial charge in [0.1, 0.15) is 33.9 Å². The van der Waals surface area contributed by atoms with E-state index in [0.717, 1.165) is 159 Å². The van der Waals surface area contributed by atoms with Gasteiger partial charge in [0.15, 0.2) is 11.5 Å². The summed E-state index contributed by atoms with van der Waals surface area (Å²) in [6.45, 7) is 19.8. The first kappa shape index (κ1) is 85.5. The van der Waals surface area contributed by atoms with Crippen LogP contribution in [0.15, 0.2) is 267 Å². The molecule has 0 unspecified atom stereocenters. The number of anilines is 3. The zero-order chi connectivity index (χ0) is 83.3. The standard InChI is InChI=1S/C31H29ClN4O.C19H19N3.C19H15N3.C11H11ClN2O2.C10H5ClN2.C9H11N.Na/c1-3-27-30(25-16-24(32)17-33-31(25)35(27)2)28(37)13-10-20-9-12-26-22(15-20)11-14-29(34-26)36-18-23(19-36)21-7-5-4-6-8-21;2*20-11-14-6-8-18-16(10-14)7-9-19(21-18)22-12-17(13-22)15-4-2-1-3-5-15;1-3-8-9(11(15)16)7-4-6(12)5-13-10(7)14(8)2;1-12-8-3-4-9-7(6-8)2-5-10(11)13-9;1-2-4-8(5-3-1)9-6-10-7-9;/h4-9,11-12,14-17,23H,3,10,13,18-19H2,1-2H3;1-10,17H,11-13,20H2;1-10,17H,12-13H2;4-5H,3H2,1-2H3,(H,15,16);2-6H;1-5,9-10H,6-7H2;/q;;;;;;+1/p-1. The van der Waals surface area contributed by atoms with Gasteiger partial charge in [0.05, 0.1) is 56.3 Å². The molecule has 0 radical (unpaired) electrons. The van der Waals surface area contributed by atoms with E-state index in [9.17, 15) is 14.7 Å². The van der Waals surface area contributed by atoms with Crippen molar-refractivity contribution in [1.82, 2.24) is 44.4 Å². The smallest absolute Gasteiger partial charge is 0.545 e. The van der Waals surface area contributed by atoms with Gasteiger partial charge in [-0.3, -0.25) is 4.79 Å². The van der Waals surface area contributed by atoms with Crippen LogP contribution in [0.1, 0.15) is 115 Å². The Balaban J connectivity index is 0.000000125. The molecule has 3 N–H and O–H groups in total. The van der Waals surface area contributed by atoms with E-state index in [1.54, 1.807) is 48.1 Å². The summed E-state index contributed by atoms with van der Waals surface area (Å²) in [5.74, 6) is 4.62. The molecule has 12 heterocycles. The Morgan fingerprint density at radius 1 is 0.496 bits per heavy atom. The number of rotatable bonds is 15. The van der Waals surface area contributed by atoms with Gasteiger partial charge < -0.3 is 44.8 Å². The summed E-state index contributed by atoms with van der Waals surface area (Å²) in [5, 5.41) is 30.4. The van der Waals surface area contributed by atoms with E-state index in [1.807, 2.05) is 61.0 Å². The number of halogens is 3. The Morgan fingerprint density at radius 2 is 0.893 bits per heavy atom. The van der Waals surface area contributed by atoms with Crippen LogP contribution < -0.4 is 60.4 Å². The molecule has 0 atom stereocenters. The molecule has 121 heavy (non-hydrogen) atoms. The summed E-state index contributed by atoms with van der Waals surface area (Å²) in [6, 6.07) is 88.1. The minimum atomic E-state index is -1.19. The third-order valence-electron chi connectivity index (χ3n) is 22.8. The van der Waals surface area contributed by atoms with Gasteiger partial charge in [0.2, 0.25) is 0 Å². The zero-order valence-corrected chi connectivity index (χ0v) is 72.4. The third-order valence-corrected chi connectivity index (χ3v) is 23.4. The van der Waals surface area contributed by atoms with Crippen molar-refractivity contribution in [3.63, 3.8) is 0 Å². The summed E-state index contributed by atoms with van der Waals surface area (Å²) in [7, 11) is 3.75. The van der Waals surface area contributed by atoms with Crippen LogP contribution in [-0.2, 0) is 39.9 Å². The zero-order valence-electron chi connectivity index (χ0n) is 68.2. The van der Waals surface area contributed by atoms with E-state index < -0.39 is 5.97 Å². The maximum absolute atomic E-state index is 13.4. The van der Waals surface area contributed by atoms with Crippen LogP contribution in [0.3, 0.4) is 0 Å². The summed E-state index contributed by atoms with van der Waals surface area (Å²) >= 11 is 17.8. The second-order valence-corrected chi connectivity index (χ2v) is 31.7. The van der Waals surface area contributed by atoms with Crippen molar-refractivity contribution in [3.8, 4) is 6.07 Å². The number of carboxylic acids is 1. The first-order valence-corrected chi connectivity index (χ1v) is 41.5. The number of fused-ring (bicyclic) bond motifs is 6. The fourth-order valence-electron chi connectivity index (χ4n) is 16.0. The molecule has 4 aliphatic heterocycles. The quantitative estimate of drug-likeness (QED) is 0.0422.